The van der Waals surface area contributed by atoms with Crippen LogP contribution in [0.4, 0.5) is 0 Å². The topological polar surface area (TPSA) is 103 Å². The molecule has 0 saturated carbocycles. The van der Waals surface area contributed by atoms with E-state index in [0.29, 0.717) is 0 Å². The Balaban J connectivity index is 0.000000567. The molecule has 1 rings (SSSR count). The van der Waals surface area contributed by atoms with Crippen LogP contribution in [0.5, 0.6) is 0 Å². The van der Waals surface area contributed by atoms with Crippen molar-refractivity contribution in [3.8, 4) is 0 Å². The Labute approximate surface area is 124 Å². The van der Waals surface area contributed by atoms with Crippen LogP contribution in [-0.2, 0) is 16.1 Å². The molecule has 0 aliphatic rings. The molecule has 1 heterocycles. The molecule has 21 heavy (non-hydrogen) atoms. The number of carboxylic acids is 2. The zero-order valence-electron chi connectivity index (χ0n) is 12.5. The number of hydrogen-bond acceptors (Lipinski definition) is 5. The number of aliphatic carboxylic acids is 2. The van der Waals surface area contributed by atoms with Crippen LogP contribution in [0.3, 0.4) is 0 Å². The molecule has 0 aliphatic heterocycles. The second-order valence-electron chi connectivity index (χ2n) is 4.14. The number of carboxylic acid groups (broad SMARTS) is 2. The largest absolute Gasteiger partial charge is 0.473 e. The summed E-state index contributed by atoms with van der Waals surface area (Å²) in [5.74, 6) is -3.65. The van der Waals surface area contributed by atoms with Crippen LogP contribution >= 0.6 is 0 Å². The van der Waals surface area contributed by atoms with Crippen LogP contribution in [0.2, 0.25) is 0 Å². The van der Waals surface area contributed by atoms with E-state index in [1.54, 1.807) is 0 Å². The van der Waals surface area contributed by atoms with E-state index in [4.69, 9.17) is 19.8 Å². The normalized spacial score (nSPS) is 9.86. The number of nitrogens with one attached hydrogen (secondary N) is 1. The maximum Gasteiger partial charge on any atom is 0.414 e. The van der Waals surface area contributed by atoms with Gasteiger partial charge in [0.2, 0.25) is 0 Å². The van der Waals surface area contributed by atoms with E-state index in [9.17, 15) is 0 Å². The average Bonchev–Trinajstić information content (AvgIpc) is 2.49. The fourth-order valence-corrected chi connectivity index (χ4v) is 1.50. The third kappa shape index (κ3) is 10.5. The minimum atomic E-state index is -1.82. The molecule has 1 aromatic rings. The number of nitrogens with zero attached hydrogens (tertiary/aromatic N) is 2. The lowest BCUT2D eigenvalue weighted by molar-refractivity contribution is -0.159. The fraction of sp³-hybridized carbons (Fsp3) is 0.500. The van der Waals surface area contributed by atoms with E-state index in [0.717, 1.165) is 38.4 Å². The quantitative estimate of drug-likeness (QED) is 0.502. The molecule has 0 unspecified atom stereocenters. The SMILES string of the molecule is CCN(CC)CCNCc1ccccn1.O=C(O)C(=O)O. The molecular weight excluding hydrogens is 274 g/mol. The molecule has 0 bridgehead atoms. The first-order chi connectivity index (χ1) is 10.0. The lowest BCUT2D eigenvalue weighted by Gasteiger charge is -2.17. The van der Waals surface area contributed by atoms with E-state index >= 15 is 0 Å². The number of carbonyl (C=O) groups is 2. The smallest absolute Gasteiger partial charge is 0.414 e. The Bertz CT molecular complexity index is 396. The molecule has 0 fully saturated rings. The molecule has 7 heteroatoms. The zero-order valence-corrected chi connectivity index (χ0v) is 12.5. The summed E-state index contributed by atoms with van der Waals surface area (Å²) < 4.78 is 0. The summed E-state index contributed by atoms with van der Waals surface area (Å²) in [6.45, 7) is 9.65. The molecule has 1 aromatic heterocycles. The number of hydrogen-bond donors (Lipinski definition) is 3. The second-order valence-corrected chi connectivity index (χ2v) is 4.14. The summed E-state index contributed by atoms with van der Waals surface area (Å²) in [7, 11) is 0. The van der Waals surface area contributed by atoms with Crippen molar-refractivity contribution in [1.29, 1.82) is 0 Å². The standard InChI is InChI=1S/C12H21N3.C2H2O4/c1-3-15(4-2)10-9-13-11-12-7-5-6-8-14-12;3-1(4)2(5)6/h5-8,13H,3-4,9-11H2,1-2H3;(H,3,4)(H,5,6). The van der Waals surface area contributed by atoms with Gasteiger partial charge in [-0.2, -0.15) is 0 Å². The van der Waals surface area contributed by atoms with Gasteiger partial charge in [-0.15, -0.1) is 0 Å². The summed E-state index contributed by atoms with van der Waals surface area (Å²) in [4.78, 5) is 24.9. The number of rotatable bonds is 7. The van der Waals surface area contributed by atoms with Crippen molar-refractivity contribution < 1.29 is 19.8 Å². The fourth-order valence-electron chi connectivity index (χ4n) is 1.50. The lowest BCUT2D eigenvalue weighted by atomic mass is 10.3. The van der Waals surface area contributed by atoms with Crippen molar-refractivity contribution in [2.45, 2.75) is 20.4 Å². The third-order valence-corrected chi connectivity index (χ3v) is 2.71. The Morgan fingerprint density at radius 3 is 2.24 bits per heavy atom. The van der Waals surface area contributed by atoms with Crippen molar-refractivity contribution >= 4 is 11.9 Å². The van der Waals surface area contributed by atoms with Crippen molar-refractivity contribution in [2.75, 3.05) is 26.2 Å². The molecule has 0 radical (unpaired) electrons. The van der Waals surface area contributed by atoms with E-state index in [-0.39, 0.29) is 0 Å². The molecule has 118 valence electrons. The van der Waals surface area contributed by atoms with E-state index in [1.165, 1.54) is 0 Å². The molecule has 0 aliphatic carbocycles. The van der Waals surface area contributed by atoms with Gasteiger partial charge in [0.25, 0.3) is 0 Å². The molecule has 0 aromatic carbocycles. The number of aromatic nitrogens is 1. The van der Waals surface area contributed by atoms with Crippen LogP contribution < -0.4 is 5.32 Å². The summed E-state index contributed by atoms with van der Waals surface area (Å²) in [5, 5.41) is 18.2. The molecule has 3 N–H and O–H groups in total. The molecule has 0 amide bonds. The number of pyridine rings is 1. The van der Waals surface area contributed by atoms with Crippen LogP contribution in [0, 0.1) is 0 Å². The monoisotopic (exact) mass is 297 g/mol. The minimum absolute atomic E-state index is 0.863. The van der Waals surface area contributed by atoms with Gasteiger partial charge < -0.3 is 20.4 Å². The van der Waals surface area contributed by atoms with Gasteiger partial charge in [-0.1, -0.05) is 19.9 Å². The molecule has 0 atom stereocenters. The molecule has 0 spiro atoms. The maximum absolute atomic E-state index is 9.10. The second kappa shape index (κ2) is 11.8. The Hall–Kier alpha value is -1.99. The van der Waals surface area contributed by atoms with Gasteiger partial charge in [0.1, 0.15) is 0 Å². The predicted octanol–water partition coefficient (Wildman–Crippen LogP) is 0.669. The summed E-state index contributed by atoms with van der Waals surface area (Å²) in [5.41, 5.74) is 1.11. The van der Waals surface area contributed by atoms with Crippen molar-refractivity contribution in [3.05, 3.63) is 30.1 Å². The first-order valence-corrected chi connectivity index (χ1v) is 6.80. The third-order valence-electron chi connectivity index (χ3n) is 2.71. The van der Waals surface area contributed by atoms with Gasteiger partial charge in [-0.25, -0.2) is 9.59 Å². The van der Waals surface area contributed by atoms with E-state index < -0.39 is 11.9 Å². The predicted molar refractivity (Wildman–Crippen MR) is 79.0 cm³/mol. The van der Waals surface area contributed by atoms with Crippen molar-refractivity contribution in [2.24, 2.45) is 0 Å². The highest BCUT2D eigenvalue weighted by atomic mass is 16.4. The van der Waals surface area contributed by atoms with Crippen LogP contribution in [-0.4, -0.2) is 58.2 Å². The Morgan fingerprint density at radius 1 is 1.19 bits per heavy atom. The van der Waals surface area contributed by atoms with E-state index in [1.807, 2.05) is 24.4 Å². The van der Waals surface area contributed by atoms with Crippen LogP contribution in [0.15, 0.2) is 24.4 Å². The Kier molecular flexibility index (Phi) is 10.7. The van der Waals surface area contributed by atoms with Gasteiger partial charge in [-0.05, 0) is 25.2 Å². The van der Waals surface area contributed by atoms with Crippen molar-refractivity contribution in [1.82, 2.24) is 15.2 Å². The first-order valence-electron chi connectivity index (χ1n) is 6.80. The van der Waals surface area contributed by atoms with Crippen molar-refractivity contribution in [3.63, 3.8) is 0 Å². The summed E-state index contributed by atoms with van der Waals surface area (Å²) in [6, 6.07) is 6.01. The number of likely N-dealkylation sites (N-methyl/N-ethyl adjacent to an activating group) is 1. The highest BCUT2D eigenvalue weighted by Gasteiger charge is 2.04. The zero-order chi connectivity index (χ0) is 16.1. The highest BCUT2D eigenvalue weighted by Crippen LogP contribution is 1.91. The van der Waals surface area contributed by atoms with Gasteiger partial charge in [-0.3, -0.25) is 4.98 Å². The van der Waals surface area contributed by atoms with Crippen LogP contribution in [0.25, 0.3) is 0 Å². The van der Waals surface area contributed by atoms with Gasteiger partial charge in [0, 0.05) is 25.8 Å². The Morgan fingerprint density at radius 2 is 1.81 bits per heavy atom. The lowest BCUT2D eigenvalue weighted by Crippen LogP contribution is -2.31. The summed E-state index contributed by atoms with van der Waals surface area (Å²) in [6.07, 6.45) is 1.83. The first kappa shape index (κ1) is 19.0. The van der Waals surface area contributed by atoms with Gasteiger partial charge in [0.05, 0.1) is 5.69 Å². The molecule has 0 saturated heterocycles. The molecular formula is C14H23N3O4. The van der Waals surface area contributed by atoms with Crippen LogP contribution in [0.1, 0.15) is 19.5 Å². The minimum Gasteiger partial charge on any atom is -0.473 e. The maximum atomic E-state index is 9.10. The summed E-state index contributed by atoms with van der Waals surface area (Å²) >= 11 is 0. The highest BCUT2D eigenvalue weighted by molar-refractivity contribution is 6.27. The van der Waals surface area contributed by atoms with E-state index in [2.05, 4.69) is 29.0 Å². The average molecular weight is 297 g/mol. The van der Waals surface area contributed by atoms with Gasteiger partial charge >= 0.3 is 11.9 Å². The molecule has 7 nitrogen and oxygen atoms in total. The van der Waals surface area contributed by atoms with Gasteiger partial charge in [0.15, 0.2) is 0 Å².